The monoisotopic (exact) mass is 247 g/mol. The highest BCUT2D eigenvalue weighted by molar-refractivity contribution is 5.78. The highest BCUT2D eigenvalue weighted by Crippen LogP contribution is 2.11. The van der Waals surface area contributed by atoms with E-state index in [9.17, 15) is 4.79 Å². The van der Waals surface area contributed by atoms with Gasteiger partial charge in [0.2, 0.25) is 5.91 Å². The van der Waals surface area contributed by atoms with Gasteiger partial charge in [-0.2, -0.15) is 0 Å². The zero-order valence-corrected chi connectivity index (χ0v) is 10.9. The predicted molar refractivity (Wildman–Crippen MR) is 71.2 cm³/mol. The lowest BCUT2D eigenvalue weighted by molar-refractivity contribution is -0.129. The Morgan fingerprint density at radius 3 is 2.94 bits per heavy atom. The van der Waals surface area contributed by atoms with Crippen LogP contribution in [0.1, 0.15) is 18.4 Å². The van der Waals surface area contributed by atoms with Crippen molar-refractivity contribution in [3.63, 3.8) is 0 Å². The molecule has 98 valence electrons. The Bertz CT molecular complexity index is 374. The first kappa shape index (κ1) is 13.0. The van der Waals surface area contributed by atoms with Crippen LogP contribution in [0.25, 0.3) is 0 Å². The lowest BCUT2D eigenvalue weighted by Gasteiger charge is -2.27. The second-order valence-electron chi connectivity index (χ2n) is 5.02. The molecular weight excluding hydrogens is 226 g/mol. The number of aromatic nitrogens is 1. The van der Waals surface area contributed by atoms with E-state index < -0.39 is 0 Å². The zero-order valence-electron chi connectivity index (χ0n) is 10.9. The van der Waals surface area contributed by atoms with Crippen molar-refractivity contribution in [3.05, 3.63) is 30.1 Å². The number of rotatable bonds is 4. The zero-order chi connectivity index (χ0) is 12.8. The van der Waals surface area contributed by atoms with Crippen LogP contribution in [-0.4, -0.2) is 42.5 Å². The van der Waals surface area contributed by atoms with E-state index in [0.717, 1.165) is 25.2 Å². The van der Waals surface area contributed by atoms with E-state index in [4.69, 9.17) is 0 Å². The summed E-state index contributed by atoms with van der Waals surface area (Å²) in [4.78, 5) is 17.9. The third kappa shape index (κ3) is 3.81. The van der Waals surface area contributed by atoms with E-state index >= 15 is 0 Å². The fraction of sp³-hybridized carbons (Fsp3) is 0.571. The van der Waals surface area contributed by atoms with Crippen LogP contribution in [0.15, 0.2) is 24.5 Å². The Balaban J connectivity index is 1.81. The SMILES string of the molecule is CN(CC1CCCNC1)C(=O)Cc1ccncc1. The Labute approximate surface area is 108 Å². The Morgan fingerprint density at radius 2 is 2.28 bits per heavy atom. The van der Waals surface area contributed by atoms with Gasteiger partial charge in [-0.3, -0.25) is 9.78 Å². The highest BCUT2D eigenvalue weighted by Gasteiger charge is 2.17. The third-order valence-electron chi connectivity index (χ3n) is 3.46. The van der Waals surface area contributed by atoms with Crippen LogP contribution >= 0.6 is 0 Å². The molecule has 1 fully saturated rings. The fourth-order valence-corrected chi connectivity index (χ4v) is 2.38. The number of amides is 1. The normalized spacial score (nSPS) is 19.5. The van der Waals surface area contributed by atoms with Crippen LogP contribution < -0.4 is 5.32 Å². The molecule has 1 N–H and O–H groups in total. The Morgan fingerprint density at radius 1 is 1.50 bits per heavy atom. The van der Waals surface area contributed by atoms with Crippen molar-refractivity contribution in [2.24, 2.45) is 5.92 Å². The number of nitrogens with one attached hydrogen (secondary N) is 1. The molecule has 1 aliphatic rings. The van der Waals surface area contributed by atoms with Crippen LogP contribution in [0, 0.1) is 5.92 Å². The molecule has 1 aromatic heterocycles. The summed E-state index contributed by atoms with van der Waals surface area (Å²) >= 11 is 0. The molecule has 4 heteroatoms. The first-order valence-corrected chi connectivity index (χ1v) is 6.59. The summed E-state index contributed by atoms with van der Waals surface area (Å²) in [6.45, 7) is 3.01. The molecule has 1 saturated heterocycles. The summed E-state index contributed by atoms with van der Waals surface area (Å²) in [5.41, 5.74) is 1.03. The number of carbonyl (C=O) groups excluding carboxylic acids is 1. The summed E-state index contributed by atoms with van der Waals surface area (Å²) in [6, 6.07) is 3.79. The minimum Gasteiger partial charge on any atom is -0.345 e. The van der Waals surface area contributed by atoms with Crippen LogP contribution in [0.5, 0.6) is 0 Å². The van der Waals surface area contributed by atoms with Crippen molar-refractivity contribution in [3.8, 4) is 0 Å². The van der Waals surface area contributed by atoms with Crippen molar-refractivity contribution in [2.75, 3.05) is 26.7 Å². The molecular formula is C14H21N3O. The maximum absolute atomic E-state index is 12.1. The smallest absolute Gasteiger partial charge is 0.226 e. The van der Waals surface area contributed by atoms with Crippen LogP contribution in [0.2, 0.25) is 0 Å². The average Bonchev–Trinajstić information content (AvgIpc) is 2.41. The molecule has 2 rings (SSSR count). The maximum Gasteiger partial charge on any atom is 0.226 e. The summed E-state index contributed by atoms with van der Waals surface area (Å²) in [6.07, 6.45) is 6.37. The molecule has 1 aromatic rings. The molecule has 1 aliphatic heterocycles. The number of pyridine rings is 1. The lowest BCUT2D eigenvalue weighted by atomic mass is 9.99. The van der Waals surface area contributed by atoms with Gasteiger partial charge < -0.3 is 10.2 Å². The van der Waals surface area contributed by atoms with Crippen molar-refractivity contribution in [2.45, 2.75) is 19.3 Å². The van der Waals surface area contributed by atoms with Gasteiger partial charge in [-0.15, -0.1) is 0 Å². The summed E-state index contributed by atoms with van der Waals surface area (Å²) < 4.78 is 0. The van der Waals surface area contributed by atoms with E-state index in [1.165, 1.54) is 12.8 Å². The van der Waals surface area contributed by atoms with Gasteiger partial charge in [0.1, 0.15) is 0 Å². The average molecular weight is 247 g/mol. The summed E-state index contributed by atoms with van der Waals surface area (Å²) in [7, 11) is 1.90. The van der Waals surface area contributed by atoms with Crippen LogP contribution in [0.3, 0.4) is 0 Å². The largest absolute Gasteiger partial charge is 0.345 e. The van der Waals surface area contributed by atoms with E-state index in [1.54, 1.807) is 12.4 Å². The quantitative estimate of drug-likeness (QED) is 0.866. The number of nitrogens with zero attached hydrogens (tertiary/aromatic N) is 2. The van der Waals surface area contributed by atoms with E-state index in [0.29, 0.717) is 12.3 Å². The first-order chi connectivity index (χ1) is 8.75. The molecule has 0 radical (unpaired) electrons. The molecule has 0 spiro atoms. The second-order valence-corrected chi connectivity index (χ2v) is 5.02. The standard InChI is InChI=1S/C14H21N3O/c1-17(11-13-3-2-6-16-10-13)14(18)9-12-4-7-15-8-5-12/h4-5,7-8,13,16H,2-3,6,9-11H2,1H3. The van der Waals surface area contributed by atoms with Crippen LogP contribution in [0.4, 0.5) is 0 Å². The highest BCUT2D eigenvalue weighted by atomic mass is 16.2. The number of likely N-dealkylation sites (N-methyl/N-ethyl adjacent to an activating group) is 1. The van der Waals surface area contributed by atoms with Crippen molar-refractivity contribution < 1.29 is 4.79 Å². The molecule has 0 saturated carbocycles. The second kappa shape index (κ2) is 6.50. The fourth-order valence-electron chi connectivity index (χ4n) is 2.38. The molecule has 18 heavy (non-hydrogen) atoms. The number of hydrogen-bond acceptors (Lipinski definition) is 3. The molecule has 0 aliphatic carbocycles. The molecule has 0 bridgehead atoms. The number of carbonyl (C=O) groups is 1. The lowest BCUT2D eigenvalue weighted by Crippen LogP contribution is -2.39. The van der Waals surface area contributed by atoms with Gasteiger partial charge in [0.25, 0.3) is 0 Å². The van der Waals surface area contributed by atoms with Crippen molar-refractivity contribution in [1.29, 1.82) is 0 Å². The van der Waals surface area contributed by atoms with E-state index in [1.807, 2.05) is 24.1 Å². The topological polar surface area (TPSA) is 45.2 Å². The van der Waals surface area contributed by atoms with Gasteiger partial charge in [-0.05, 0) is 49.5 Å². The number of hydrogen-bond donors (Lipinski definition) is 1. The molecule has 4 nitrogen and oxygen atoms in total. The Hall–Kier alpha value is -1.42. The minimum absolute atomic E-state index is 0.187. The number of piperidine rings is 1. The molecule has 2 heterocycles. The van der Waals surface area contributed by atoms with Gasteiger partial charge in [-0.1, -0.05) is 0 Å². The van der Waals surface area contributed by atoms with Gasteiger partial charge in [-0.25, -0.2) is 0 Å². The van der Waals surface area contributed by atoms with Gasteiger partial charge in [0.05, 0.1) is 6.42 Å². The molecule has 1 amide bonds. The van der Waals surface area contributed by atoms with E-state index in [-0.39, 0.29) is 5.91 Å². The third-order valence-corrected chi connectivity index (χ3v) is 3.46. The van der Waals surface area contributed by atoms with Gasteiger partial charge in [0, 0.05) is 26.0 Å². The molecule has 0 aromatic carbocycles. The first-order valence-electron chi connectivity index (χ1n) is 6.59. The predicted octanol–water partition coefficient (Wildman–Crippen LogP) is 1.08. The summed E-state index contributed by atoms with van der Waals surface area (Å²) in [5, 5.41) is 3.38. The maximum atomic E-state index is 12.1. The molecule has 1 unspecified atom stereocenters. The molecule has 1 atom stereocenters. The minimum atomic E-state index is 0.187. The van der Waals surface area contributed by atoms with Gasteiger partial charge in [0.15, 0.2) is 0 Å². The Kier molecular flexibility index (Phi) is 4.70. The van der Waals surface area contributed by atoms with Gasteiger partial charge >= 0.3 is 0 Å². The summed E-state index contributed by atoms with van der Waals surface area (Å²) in [5.74, 6) is 0.789. The van der Waals surface area contributed by atoms with Crippen molar-refractivity contribution >= 4 is 5.91 Å². The van der Waals surface area contributed by atoms with Crippen molar-refractivity contribution in [1.82, 2.24) is 15.2 Å². The van der Waals surface area contributed by atoms with E-state index in [2.05, 4.69) is 10.3 Å². The van der Waals surface area contributed by atoms with Crippen LogP contribution in [-0.2, 0) is 11.2 Å².